The van der Waals surface area contributed by atoms with Crippen LogP contribution in [0.1, 0.15) is 141 Å². The number of aromatic nitrogens is 2. The van der Waals surface area contributed by atoms with Crippen LogP contribution in [0.4, 0.5) is 0 Å². The predicted octanol–water partition coefficient (Wildman–Crippen LogP) is 9.12. The molecule has 3 aliphatic rings. The van der Waals surface area contributed by atoms with Crippen LogP contribution in [-0.2, 0) is 0 Å². The molecule has 0 radical (unpaired) electrons. The average Bonchev–Trinajstić information content (AvgIpc) is 2.90. The molecule has 0 spiro atoms. The Bertz CT molecular complexity index is 665. The summed E-state index contributed by atoms with van der Waals surface area (Å²) >= 11 is 0. The first-order valence-corrected chi connectivity index (χ1v) is 15.2. The Kier molecular flexibility index (Phi) is 10.6. The minimum Gasteiger partial charge on any atom is -0.490 e. The molecule has 0 aromatic carbocycles. The molecule has 0 bridgehead atoms. The fraction of sp³-hybridized carbons (Fsp3) is 0.871. The number of unbranched alkanes of at least 4 members (excludes halogenated alkanes) is 3. The summed E-state index contributed by atoms with van der Waals surface area (Å²) in [6.45, 7) is 5.29. The first-order valence-electron chi connectivity index (χ1n) is 15.2. The fourth-order valence-electron chi connectivity index (χ4n) is 7.51. The van der Waals surface area contributed by atoms with Crippen LogP contribution in [0.3, 0.4) is 0 Å². The van der Waals surface area contributed by atoms with Crippen LogP contribution in [0.5, 0.6) is 5.75 Å². The highest BCUT2D eigenvalue weighted by Crippen LogP contribution is 2.47. The molecule has 3 saturated carbocycles. The molecule has 0 unspecified atom stereocenters. The Labute approximate surface area is 210 Å². The van der Waals surface area contributed by atoms with Gasteiger partial charge in [0.1, 0.15) is 5.82 Å². The first kappa shape index (κ1) is 26.0. The van der Waals surface area contributed by atoms with Crippen LogP contribution in [0.25, 0.3) is 0 Å². The van der Waals surface area contributed by atoms with Gasteiger partial charge < -0.3 is 4.74 Å². The van der Waals surface area contributed by atoms with Gasteiger partial charge in [-0.15, -0.1) is 0 Å². The third-order valence-electron chi connectivity index (χ3n) is 9.81. The molecule has 0 N–H and O–H groups in total. The van der Waals surface area contributed by atoms with Crippen molar-refractivity contribution in [3.05, 3.63) is 18.2 Å². The van der Waals surface area contributed by atoms with Crippen LogP contribution >= 0.6 is 0 Å². The quantitative estimate of drug-likeness (QED) is 0.304. The van der Waals surface area contributed by atoms with Crippen LogP contribution < -0.4 is 4.74 Å². The number of ether oxygens (including phenoxy) is 1. The molecule has 4 rings (SSSR count). The topological polar surface area (TPSA) is 35.0 Å². The van der Waals surface area contributed by atoms with Crippen molar-refractivity contribution < 1.29 is 4.74 Å². The highest BCUT2D eigenvalue weighted by atomic mass is 16.5. The lowest BCUT2D eigenvalue weighted by Crippen LogP contribution is -2.29. The highest BCUT2D eigenvalue weighted by Gasteiger charge is 2.35. The maximum Gasteiger partial charge on any atom is 0.155 e. The molecule has 3 fully saturated rings. The van der Waals surface area contributed by atoms with Gasteiger partial charge >= 0.3 is 0 Å². The van der Waals surface area contributed by atoms with Crippen molar-refractivity contribution in [2.45, 2.75) is 135 Å². The molecule has 3 aliphatic carbocycles. The third kappa shape index (κ3) is 7.44. The fourth-order valence-corrected chi connectivity index (χ4v) is 7.51. The molecule has 0 saturated heterocycles. The van der Waals surface area contributed by atoms with Gasteiger partial charge in [0, 0.05) is 5.92 Å². The van der Waals surface area contributed by atoms with Crippen molar-refractivity contribution in [3.63, 3.8) is 0 Å². The standard InChI is InChI=1S/C31H52N2O/c1-3-5-7-8-24-9-11-25(12-10-24)26-13-15-27(16-14-26)28-17-19-29(20-18-28)31-32-22-30(23-33-31)34-21-6-4-2/h22-29H,3-21H2,1-2H3. The zero-order chi connectivity index (χ0) is 23.6. The number of hydrogen-bond acceptors (Lipinski definition) is 3. The Morgan fingerprint density at radius 1 is 0.647 bits per heavy atom. The summed E-state index contributed by atoms with van der Waals surface area (Å²) in [6.07, 6.45) is 29.4. The van der Waals surface area contributed by atoms with Gasteiger partial charge in [-0.05, 0) is 100 Å². The van der Waals surface area contributed by atoms with Crippen molar-refractivity contribution in [1.29, 1.82) is 0 Å². The molecular weight excluding hydrogens is 416 g/mol. The van der Waals surface area contributed by atoms with Crippen molar-refractivity contribution in [2.75, 3.05) is 6.61 Å². The monoisotopic (exact) mass is 468 g/mol. The third-order valence-corrected chi connectivity index (χ3v) is 9.81. The summed E-state index contributed by atoms with van der Waals surface area (Å²) in [6, 6.07) is 0. The molecule has 1 heterocycles. The SMILES string of the molecule is CCCCCC1CCC(C2CCC(C3CCC(c4ncc(OCCCC)cn4)CC3)CC2)CC1. The van der Waals surface area contributed by atoms with E-state index < -0.39 is 0 Å². The van der Waals surface area contributed by atoms with Crippen molar-refractivity contribution >= 4 is 0 Å². The Hall–Kier alpha value is -1.12. The van der Waals surface area contributed by atoms with E-state index in [0.717, 1.165) is 60.6 Å². The Balaban J connectivity index is 1.13. The van der Waals surface area contributed by atoms with E-state index in [9.17, 15) is 0 Å². The van der Waals surface area contributed by atoms with Gasteiger partial charge in [-0.1, -0.05) is 58.8 Å². The average molecular weight is 469 g/mol. The lowest BCUT2D eigenvalue weighted by Gasteiger charge is -2.41. The molecule has 192 valence electrons. The van der Waals surface area contributed by atoms with Gasteiger partial charge in [-0.2, -0.15) is 0 Å². The lowest BCUT2D eigenvalue weighted by molar-refractivity contribution is 0.108. The van der Waals surface area contributed by atoms with Gasteiger partial charge in [0.2, 0.25) is 0 Å². The summed E-state index contributed by atoms with van der Waals surface area (Å²) in [5, 5.41) is 0. The van der Waals surface area contributed by atoms with Gasteiger partial charge in [-0.25, -0.2) is 9.97 Å². The minimum absolute atomic E-state index is 0.560. The molecule has 1 aromatic heterocycles. The van der Waals surface area contributed by atoms with Gasteiger partial charge in [0.05, 0.1) is 19.0 Å². The van der Waals surface area contributed by atoms with Crippen LogP contribution in [0.2, 0.25) is 0 Å². The zero-order valence-corrected chi connectivity index (χ0v) is 22.4. The zero-order valence-electron chi connectivity index (χ0n) is 22.4. The van der Waals surface area contributed by atoms with E-state index in [2.05, 4.69) is 23.8 Å². The molecule has 0 amide bonds. The van der Waals surface area contributed by atoms with E-state index in [1.165, 1.54) is 89.9 Å². The first-order chi connectivity index (χ1) is 16.8. The largest absolute Gasteiger partial charge is 0.490 e. The normalized spacial score (nSPS) is 32.4. The van der Waals surface area contributed by atoms with Crippen molar-refractivity contribution in [3.8, 4) is 5.75 Å². The summed E-state index contributed by atoms with van der Waals surface area (Å²) < 4.78 is 5.74. The number of nitrogens with zero attached hydrogens (tertiary/aromatic N) is 2. The maximum atomic E-state index is 5.74. The highest BCUT2D eigenvalue weighted by molar-refractivity contribution is 5.14. The maximum absolute atomic E-state index is 5.74. The Morgan fingerprint density at radius 2 is 1.15 bits per heavy atom. The molecule has 34 heavy (non-hydrogen) atoms. The second-order valence-electron chi connectivity index (χ2n) is 12.0. The van der Waals surface area contributed by atoms with Crippen LogP contribution in [-0.4, -0.2) is 16.6 Å². The molecule has 0 aliphatic heterocycles. The minimum atomic E-state index is 0.560. The second-order valence-corrected chi connectivity index (χ2v) is 12.0. The van der Waals surface area contributed by atoms with Crippen molar-refractivity contribution in [1.82, 2.24) is 9.97 Å². The van der Waals surface area contributed by atoms with E-state index >= 15 is 0 Å². The van der Waals surface area contributed by atoms with E-state index in [0.29, 0.717) is 5.92 Å². The predicted molar refractivity (Wildman–Crippen MR) is 142 cm³/mol. The lowest BCUT2D eigenvalue weighted by atomic mass is 9.65. The smallest absolute Gasteiger partial charge is 0.155 e. The molecule has 3 heteroatoms. The summed E-state index contributed by atoms with van der Waals surface area (Å²) in [5.41, 5.74) is 0. The Morgan fingerprint density at radius 3 is 1.68 bits per heavy atom. The molecule has 0 atom stereocenters. The second kappa shape index (κ2) is 13.8. The molecular formula is C31H52N2O. The van der Waals surface area contributed by atoms with Crippen LogP contribution in [0, 0.1) is 29.6 Å². The van der Waals surface area contributed by atoms with Gasteiger partial charge in [0.25, 0.3) is 0 Å². The molecule has 1 aromatic rings. The van der Waals surface area contributed by atoms with E-state index in [1.807, 2.05) is 12.4 Å². The van der Waals surface area contributed by atoms with E-state index in [1.54, 1.807) is 12.8 Å². The number of rotatable bonds is 11. The van der Waals surface area contributed by atoms with E-state index in [4.69, 9.17) is 4.74 Å². The summed E-state index contributed by atoms with van der Waals surface area (Å²) in [5.74, 6) is 7.57. The number of hydrogen-bond donors (Lipinski definition) is 0. The van der Waals surface area contributed by atoms with E-state index in [-0.39, 0.29) is 0 Å². The van der Waals surface area contributed by atoms with Crippen molar-refractivity contribution in [2.24, 2.45) is 29.6 Å². The van der Waals surface area contributed by atoms with Gasteiger partial charge in [-0.3, -0.25) is 0 Å². The van der Waals surface area contributed by atoms with Crippen LogP contribution in [0.15, 0.2) is 12.4 Å². The summed E-state index contributed by atoms with van der Waals surface area (Å²) in [7, 11) is 0. The molecule has 3 nitrogen and oxygen atoms in total. The van der Waals surface area contributed by atoms with Gasteiger partial charge in [0.15, 0.2) is 5.75 Å². The summed E-state index contributed by atoms with van der Waals surface area (Å²) in [4.78, 5) is 9.34.